The van der Waals surface area contributed by atoms with Crippen LogP contribution in [0.4, 0.5) is 0 Å². The average molecular weight is 336 g/mol. The van der Waals surface area contributed by atoms with Gasteiger partial charge in [-0.2, -0.15) is 11.8 Å². The van der Waals surface area contributed by atoms with Gasteiger partial charge in [-0.3, -0.25) is 4.79 Å². The van der Waals surface area contributed by atoms with Crippen molar-refractivity contribution in [2.45, 2.75) is 12.5 Å². The molecule has 0 heterocycles. The number of nitrogens with one attached hydrogen (secondary N) is 1. The molecule has 0 fully saturated rings. The molecule has 0 aliphatic rings. The van der Waals surface area contributed by atoms with Crippen LogP contribution < -0.4 is 5.32 Å². The van der Waals surface area contributed by atoms with Crippen LogP contribution in [0.15, 0.2) is 18.2 Å². The minimum atomic E-state index is -0.688. The van der Waals surface area contributed by atoms with Gasteiger partial charge in [-0.05, 0) is 36.6 Å². The molecule has 0 spiro atoms. The summed E-state index contributed by atoms with van der Waals surface area (Å²) in [5.74, 6) is -0.172. The molecule has 1 rings (SSSR count). The highest BCUT2D eigenvalue weighted by Crippen LogP contribution is 2.21. The molecule has 0 saturated carbocycles. The second kappa shape index (κ2) is 8.39. The van der Waals surface area contributed by atoms with E-state index in [1.54, 1.807) is 17.8 Å². The van der Waals surface area contributed by atoms with Crippen LogP contribution in [0.25, 0.3) is 0 Å². The topological polar surface area (TPSA) is 55.4 Å². The van der Waals surface area contributed by atoms with Gasteiger partial charge in [0.1, 0.15) is 6.04 Å². The normalized spacial score (nSPS) is 11.8. The summed E-state index contributed by atoms with van der Waals surface area (Å²) in [6.45, 7) is 0. The van der Waals surface area contributed by atoms with Crippen LogP contribution in [0, 0.1) is 0 Å². The Kier molecular flexibility index (Phi) is 7.19. The Hall–Kier alpha value is -0.910. The number of esters is 1. The lowest BCUT2D eigenvalue weighted by molar-refractivity contribution is -0.142. The smallest absolute Gasteiger partial charge is 0.328 e. The molecule has 0 saturated heterocycles. The second-order valence-corrected chi connectivity index (χ2v) is 5.78. The zero-order valence-electron chi connectivity index (χ0n) is 11.1. The van der Waals surface area contributed by atoms with E-state index in [-0.39, 0.29) is 10.6 Å². The number of methoxy groups -OCH3 is 1. The van der Waals surface area contributed by atoms with Crippen LogP contribution in [0.3, 0.4) is 0 Å². The fraction of sp³-hybridized carbons (Fsp3) is 0.385. The van der Waals surface area contributed by atoms with Crippen LogP contribution in [-0.2, 0) is 9.53 Å². The first-order valence-corrected chi connectivity index (χ1v) is 7.97. The van der Waals surface area contributed by atoms with Gasteiger partial charge in [0.05, 0.1) is 17.7 Å². The predicted molar refractivity (Wildman–Crippen MR) is 82.7 cm³/mol. The van der Waals surface area contributed by atoms with E-state index >= 15 is 0 Å². The SMILES string of the molecule is COC(=O)[C@@H](CCSC)NC(=O)c1ccc(Cl)cc1Cl. The maximum atomic E-state index is 12.1. The van der Waals surface area contributed by atoms with Gasteiger partial charge < -0.3 is 10.1 Å². The Morgan fingerprint density at radius 2 is 2.10 bits per heavy atom. The summed E-state index contributed by atoms with van der Waals surface area (Å²) in [5.41, 5.74) is 0.272. The largest absolute Gasteiger partial charge is 0.467 e. The van der Waals surface area contributed by atoms with Crippen LogP contribution in [-0.4, -0.2) is 37.0 Å². The molecule has 7 heteroatoms. The Balaban J connectivity index is 2.81. The van der Waals surface area contributed by atoms with Crippen molar-refractivity contribution < 1.29 is 14.3 Å². The van der Waals surface area contributed by atoms with Crippen molar-refractivity contribution in [2.75, 3.05) is 19.1 Å². The highest BCUT2D eigenvalue weighted by Gasteiger charge is 2.22. The number of rotatable bonds is 6. The molecule has 0 aliphatic heterocycles. The van der Waals surface area contributed by atoms with E-state index < -0.39 is 17.9 Å². The Labute approximate surface area is 132 Å². The van der Waals surface area contributed by atoms with E-state index in [1.807, 2.05) is 6.26 Å². The van der Waals surface area contributed by atoms with E-state index in [0.717, 1.165) is 5.75 Å². The van der Waals surface area contributed by atoms with Gasteiger partial charge in [-0.25, -0.2) is 4.79 Å². The number of thioether (sulfide) groups is 1. The van der Waals surface area contributed by atoms with Crippen molar-refractivity contribution in [2.24, 2.45) is 0 Å². The number of amides is 1. The molecule has 1 N–H and O–H groups in total. The van der Waals surface area contributed by atoms with Gasteiger partial charge in [0.15, 0.2) is 0 Å². The summed E-state index contributed by atoms with van der Waals surface area (Å²) in [6.07, 6.45) is 2.41. The third-order valence-corrected chi connectivity index (χ3v) is 3.77. The summed E-state index contributed by atoms with van der Waals surface area (Å²) in [6, 6.07) is 3.87. The molecule has 4 nitrogen and oxygen atoms in total. The molecule has 0 bridgehead atoms. The van der Waals surface area contributed by atoms with Crippen molar-refractivity contribution in [1.82, 2.24) is 5.32 Å². The molecular formula is C13H15Cl2NO3S. The van der Waals surface area contributed by atoms with E-state index in [0.29, 0.717) is 11.4 Å². The monoisotopic (exact) mass is 335 g/mol. The van der Waals surface area contributed by atoms with Crippen molar-refractivity contribution in [3.63, 3.8) is 0 Å². The fourth-order valence-corrected chi connectivity index (χ4v) is 2.50. The third-order valence-electron chi connectivity index (χ3n) is 2.58. The van der Waals surface area contributed by atoms with Crippen molar-refractivity contribution in [1.29, 1.82) is 0 Å². The average Bonchev–Trinajstić information content (AvgIpc) is 2.42. The second-order valence-electron chi connectivity index (χ2n) is 3.95. The molecule has 1 aromatic carbocycles. The van der Waals surface area contributed by atoms with E-state index in [2.05, 4.69) is 10.1 Å². The molecule has 20 heavy (non-hydrogen) atoms. The van der Waals surface area contributed by atoms with E-state index in [1.165, 1.54) is 19.2 Å². The standard InChI is InChI=1S/C13H15Cl2NO3S/c1-19-13(18)11(5-6-20-2)16-12(17)9-4-3-8(14)7-10(9)15/h3-4,7,11H,5-6H2,1-2H3,(H,16,17)/t11-/m1/s1. The summed E-state index contributed by atoms with van der Waals surface area (Å²) < 4.78 is 4.68. The van der Waals surface area contributed by atoms with Crippen LogP contribution in [0.1, 0.15) is 16.8 Å². The minimum absolute atomic E-state index is 0.239. The van der Waals surface area contributed by atoms with Gasteiger partial charge in [-0.15, -0.1) is 0 Å². The number of ether oxygens (including phenoxy) is 1. The lowest BCUT2D eigenvalue weighted by atomic mass is 10.1. The Morgan fingerprint density at radius 3 is 2.65 bits per heavy atom. The fourth-order valence-electron chi connectivity index (χ4n) is 1.54. The quantitative estimate of drug-likeness (QED) is 0.812. The number of carbonyl (C=O) groups is 2. The van der Waals surface area contributed by atoms with Gasteiger partial charge in [0, 0.05) is 5.02 Å². The van der Waals surface area contributed by atoms with Crippen molar-refractivity contribution in [3.05, 3.63) is 33.8 Å². The maximum Gasteiger partial charge on any atom is 0.328 e. The molecular weight excluding hydrogens is 321 g/mol. The third kappa shape index (κ3) is 4.89. The van der Waals surface area contributed by atoms with Gasteiger partial charge in [0.2, 0.25) is 0 Å². The Morgan fingerprint density at radius 1 is 1.40 bits per heavy atom. The van der Waals surface area contributed by atoms with Crippen LogP contribution in [0.2, 0.25) is 10.0 Å². The number of hydrogen-bond acceptors (Lipinski definition) is 4. The number of benzene rings is 1. The Bertz CT molecular complexity index is 497. The van der Waals surface area contributed by atoms with Crippen molar-refractivity contribution >= 4 is 46.8 Å². The first-order chi connectivity index (χ1) is 9.49. The zero-order valence-corrected chi connectivity index (χ0v) is 13.4. The summed E-state index contributed by atoms with van der Waals surface area (Å²) in [7, 11) is 1.29. The molecule has 1 amide bonds. The first kappa shape index (κ1) is 17.1. The van der Waals surface area contributed by atoms with Gasteiger partial charge in [-0.1, -0.05) is 23.2 Å². The summed E-state index contributed by atoms with van der Waals surface area (Å²) in [5, 5.41) is 3.31. The highest BCUT2D eigenvalue weighted by atomic mass is 35.5. The molecule has 0 aliphatic carbocycles. The summed E-state index contributed by atoms with van der Waals surface area (Å²) >= 11 is 13.3. The molecule has 0 aromatic heterocycles. The van der Waals surface area contributed by atoms with Crippen LogP contribution >= 0.6 is 35.0 Å². The number of halogens is 2. The molecule has 1 atom stereocenters. The lowest BCUT2D eigenvalue weighted by Gasteiger charge is -2.16. The van der Waals surface area contributed by atoms with E-state index in [9.17, 15) is 9.59 Å². The van der Waals surface area contributed by atoms with Gasteiger partial charge in [0.25, 0.3) is 5.91 Å². The highest BCUT2D eigenvalue weighted by molar-refractivity contribution is 7.98. The summed E-state index contributed by atoms with van der Waals surface area (Å²) in [4.78, 5) is 23.7. The number of hydrogen-bond donors (Lipinski definition) is 1. The zero-order chi connectivity index (χ0) is 15.1. The predicted octanol–water partition coefficient (Wildman–Crippen LogP) is 3.02. The maximum absolute atomic E-state index is 12.1. The minimum Gasteiger partial charge on any atom is -0.467 e. The van der Waals surface area contributed by atoms with Crippen LogP contribution in [0.5, 0.6) is 0 Å². The van der Waals surface area contributed by atoms with Crippen molar-refractivity contribution in [3.8, 4) is 0 Å². The molecule has 0 radical (unpaired) electrons. The first-order valence-electron chi connectivity index (χ1n) is 5.82. The van der Waals surface area contributed by atoms with Gasteiger partial charge >= 0.3 is 5.97 Å². The lowest BCUT2D eigenvalue weighted by Crippen LogP contribution is -2.42. The molecule has 0 unspecified atom stereocenters. The molecule has 110 valence electrons. The molecule has 1 aromatic rings. The number of carbonyl (C=O) groups excluding carboxylic acids is 2. The van der Waals surface area contributed by atoms with E-state index in [4.69, 9.17) is 23.2 Å².